The number of hydrogen-bond donors (Lipinski definition) is 1. The molecule has 13 heavy (non-hydrogen) atoms. The third-order valence-electron chi connectivity index (χ3n) is 2.43. The molecule has 0 bridgehead atoms. The van der Waals surface area contributed by atoms with E-state index in [2.05, 4.69) is 0 Å². The lowest BCUT2D eigenvalue weighted by atomic mass is 10.0. The van der Waals surface area contributed by atoms with E-state index >= 15 is 0 Å². The molecule has 3 heteroatoms. The second-order valence-corrected chi connectivity index (χ2v) is 3.79. The maximum atomic E-state index is 11.4. The molecule has 0 radical (unpaired) electrons. The van der Waals surface area contributed by atoms with Gasteiger partial charge < -0.3 is 5.11 Å². The standard InChI is InChI=1S/C10H9ClO2/c1-5-4-8(13)10-7(12)3-2-6(11)9(5)10/h2-3,5,12H,4H2,1H3/t5-/m1/s1. The second kappa shape index (κ2) is 2.74. The topological polar surface area (TPSA) is 37.3 Å². The summed E-state index contributed by atoms with van der Waals surface area (Å²) in [4.78, 5) is 11.4. The van der Waals surface area contributed by atoms with Gasteiger partial charge in [0.2, 0.25) is 0 Å². The van der Waals surface area contributed by atoms with Crippen molar-refractivity contribution in [1.82, 2.24) is 0 Å². The first-order valence-corrected chi connectivity index (χ1v) is 4.53. The second-order valence-electron chi connectivity index (χ2n) is 3.38. The fraction of sp³-hybridized carbons (Fsp3) is 0.300. The van der Waals surface area contributed by atoms with Gasteiger partial charge in [0.15, 0.2) is 5.78 Å². The lowest BCUT2D eigenvalue weighted by Gasteiger charge is -2.06. The number of phenolic OH excluding ortho intramolecular Hbond substituents is 1. The van der Waals surface area contributed by atoms with Crippen LogP contribution in [0.4, 0.5) is 0 Å². The van der Waals surface area contributed by atoms with Gasteiger partial charge in [-0.25, -0.2) is 0 Å². The molecule has 0 fully saturated rings. The van der Waals surface area contributed by atoms with Gasteiger partial charge in [-0.3, -0.25) is 4.79 Å². The smallest absolute Gasteiger partial charge is 0.167 e. The maximum Gasteiger partial charge on any atom is 0.167 e. The Balaban J connectivity index is 2.74. The SMILES string of the molecule is C[C@@H]1CC(=O)c2c(O)ccc(Cl)c21. The van der Waals surface area contributed by atoms with Crippen LogP contribution in [0.15, 0.2) is 12.1 Å². The summed E-state index contributed by atoms with van der Waals surface area (Å²) in [7, 11) is 0. The zero-order valence-electron chi connectivity index (χ0n) is 7.17. The van der Waals surface area contributed by atoms with Crippen LogP contribution in [0.25, 0.3) is 0 Å². The molecule has 2 nitrogen and oxygen atoms in total. The van der Waals surface area contributed by atoms with Crippen LogP contribution < -0.4 is 0 Å². The Bertz CT molecular complexity index is 385. The minimum Gasteiger partial charge on any atom is -0.507 e. The molecule has 2 rings (SSSR count). The molecule has 0 heterocycles. The lowest BCUT2D eigenvalue weighted by molar-refractivity contribution is 0.0988. The fourth-order valence-corrected chi connectivity index (χ4v) is 2.18. The van der Waals surface area contributed by atoms with E-state index in [1.54, 1.807) is 6.07 Å². The van der Waals surface area contributed by atoms with Crippen molar-refractivity contribution < 1.29 is 9.90 Å². The van der Waals surface area contributed by atoms with Gasteiger partial charge in [-0.2, -0.15) is 0 Å². The normalized spacial score (nSPS) is 20.5. The van der Waals surface area contributed by atoms with E-state index in [9.17, 15) is 9.90 Å². The van der Waals surface area contributed by atoms with Gasteiger partial charge in [-0.05, 0) is 23.6 Å². The number of benzene rings is 1. The highest BCUT2D eigenvalue weighted by Gasteiger charge is 2.30. The predicted octanol–water partition coefficient (Wildman–Crippen LogP) is 2.74. The van der Waals surface area contributed by atoms with Crippen LogP contribution >= 0.6 is 11.6 Å². The first-order chi connectivity index (χ1) is 6.11. The van der Waals surface area contributed by atoms with Crippen LogP contribution in [-0.4, -0.2) is 10.9 Å². The molecule has 1 atom stereocenters. The average Bonchev–Trinajstić information content (AvgIpc) is 2.36. The van der Waals surface area contributed by atoms with E-state index < -0.39 is 0 Å². The van der Waals surface area contributed by atoms with Crippen LogP contribution in [0.3, 0.4) is 0 Å². The summed E-state index contributed by atoms with van der Waals surface area (Å²) in [5, 5.41) is 10.0. The van der Waals surface area contributed by atoms with Gasteiger partial charge in [0.05, 0.1) is 5.56 Å². The first-order valence-electron chi connectivity index (χ1n) is 4.16. The van der Waals surface area contributed by atoms with Crippen molar-refractivity contribution in [2.45, 2.75) is 19.3 Å². The molecule has 0 aromatic heterocycles. The summed E-state index contributed by atoms with van der Waals surface area (Å²) in [6.45, 7) is 1.94. The van der Waals surface area contributed by atoms with E-state index in [4.69, 9.17) is 11.6 Å². The largest absolute Gasteiger partial charge is 0.507 e. The van der Waals surface area contributed by atoms with Crippen molar-refractivity contribution in [2.75, 3.05) is 0 Å². The van der Waals surface area contributed by atoms with E-state index in [0.717, 1.165) is 5.56 Å². The summed E-state index contributed by atoms with van der Waals surface area (Å²) in [5.74, 6) is 0.165. The summed E-state index contributed by atoms with van der Waals surface area (Å²) in [6.07, 6.45) is 0.451. The molecule has 1 aromatic rings. The Kier molecular flexibility index (Phi) is 1.81. The Morgan fingerprint density at radius 2 is 2.23 bits per heavy atom. The highest BCUT2D eigenvalue weighted by atomic mass is 35.5. The minimum absolute atomic E-state index is 0.0116. The third kappa shape index (κ3) is 1.13. The molecule has 0 unspecified atom stereocenters. The average molecular weight is 197 g/mol. The van der Waals surface area contributed by atoms with Crippen LogP contribution in [0.1, 0.15) is 35.2 Å². The number of ketones is 1. The van der Waals surface area contributed by atoms with Crippen molar-refractivity contribution >= 4 is 17.4 Å². The van der Waals surface area contributed by atoms with Crippen LogP contribution in [0.5, 0.6) is 5.75 Å². The Hall–Kier alpha value is -1.02. The Morgan fingerprint density at radius 1 is 1.54 bits per heavy atom. The monoisotopic (exact) mass is 196 g/mol. The van der Waals surface area contributed by atoms with E-state index in [1.165, 1.54) is 6.07 Å². The number of phenols is 1. The van der Waals surface area contributed by atoms with Gasteiger partial charge in [0, 0.05) is 11.4 Å². The predicted molar refractivity (Wildman–Crippen MR) is 50.5 cm³/mol. The summed E-state index contributed by atoms with van der Waals surface area (Å²) >= 11 is 5.94. The Labute approximate surface area is 81.1 Å². The van der Waals surface area contributed by atoms with Gasteiger partial charge in [-0.1, -0.05) is 18.5 Å². The molecule has 0 saturated carbocycles. The highest BCUT2D eigenvalue weighted by Crippen LogP contribution is 2.41. The maximum absolute atomic E-state index is 11.4. The van der Waals surface area contributed by atoms with Gasteiger partial charge in [0.25, 0.3) is 0 Å². The first kappa shape index (κ1) is 8.57. The summed E-state index contributed by atoms with van der Waals surface area (Å²) in [6, 6.07) is 3.10. The van der Waals surface area contributed by atoms with E-state index in [0.29, 0.717) is 17.0 Å². The molecular weight excluding hydrogens is 188 g/mol. The van der Waals surface area contributed by atoms with Crippen molar-refractivity contribution in [1.29, 1.82) is 0 Å². The number of hydrogen-bond acceptors (Lipinski definition) is 2. The molecule has 1 aliphatic carbocycles. The number of fused-ring (bicyclic) bond motifs is 1. The summed E-state index contributed by atoms with van der Waals surface area (Å²) in [5.41, 5.74) is 1.21. The van der Waals surface area contributed by atoms with Crippen LogP contribution in [0.2, 0.25) is 5.02 Å². The Morgan fingerprint density at radius 3 is 2.85 bits per heavy atom. The number of Topliss-reactive ketones (excluding diaryl/α,β-unsaturated/α-hetero) is 1. The number of carbonyl (C=O) groups excluding carboxylic acids is 1. The van der Waals surface area contributed by atoms with Crippen molar-refractivity contribution in [3.63, 3.8) is 0 Å². The summed E-state index contributed by atoms with van der Waals surface area (Å²) < 4.78 is 0. The molecule has 0 amide bonds. The zero-order valence-corrected chi connectivity index (χ0v) is 7.93. The molecule has 1 aromatic carbocycles. The quantitative estimate of drug-likeness (QED) is 0.693. The van der Waals surface area contributed by atoms with Crippen molar-refractivity contribution in [3.8, 4) is 5.75 Å². The number of halogens is 1. The van der Waals surface area contributed by atoms with E-state index in [-0.39, 0.29) is 17.5 Å². The lowest BCUT2D eigenvalue weighted by Crippen LogP contribution is -1.91. The minimum atomic E-state index is -0.0116. The molecule has 1 N–H and O–H groups in total. The van der Waals surface area contributed by atoms with Gasteiger partial charge in [0.1, 0.15) is 5.75 Å². The molecule has 0 aliphatic heterocycles. The van der Waals surface area contributed by atoms with Crippen molar-refractivity contribution in [2.24, 2.45) is 0 Å². The highest BCUT2D eigenvalue weighted by molar-refractivity contribution is 6.32. The zero-order chi connectivity index (χ0) is 9.59. The van der Waals surface area contributed by atoms with E-state index in [1.807, 2.05) is 6.92 Å². The molecule has 68 valence electrons. The van der Waals surface area contributed by atoms with Gasteiger partial charge in [-0.15, -0.1) is 0 Å². The number of rotatable bonds is 0. The molecule has 1 aliphatic rings. The van der Waals surface area contributed by atoms with Gasteiger partial charge >= 0.3 is 0 Å². The fourth-order valence-electron chi connectivity index (χ4n) is 1.84. The number of carbonyl (C=O) groups is 1. The molecule has 0 spiro atoms. The molecular formula is C10H9ClO2. The van der Waals surface area contributed by atoms with Crippen LogP contribution in [0, 0.1) is 0 Å². The third-order valence-corrected chi connectivity index (χ3v) is 2.76. The number of aromatic hydroxyl groups is 1. The van der Waals surface area contributed by atoms with Crippen molar-refractivity contribution in [3.05, 3.63) is 28.3 Å². The molecule has 0 saturated heterocycles. The van der Waals surface area contributed by atoms with Crippen LogP contribution in [-0.2, 0) is 0 Å².